The molecule has 0 aliphatic carbocycles. The fourth-order valence-electron chi connectivity index (χ4n) is 3.20. The summed E-state index contributed by atoms with van der Waals surface area (Å²) in [5.74, 6) is -0.0340. The standard InChI is InChI=1S/C23H15ClF3NO3S2/c24-19-11-10-15(12-18(19)23(25,26)27)33(30,31)28-20-13-21(32-14-6-2-1-3-7-14)22(29)17-9-5-4-8-16(17)20/h1-13,28-29H. The predicted molar refractivity (Wildman–Crippen MR) is 123 cm³/mol. The first-order valence-electron chi connectivity index (χ1n) is 9.43. The second-order valence-corrected chi connectivity index (χ2v) is 10.2. The first kappa shape index (κ1) is 23.3. The molecule has 0 atom stereocenters. The Labute approximate surface area is 197 Å². The van der Waals surface area contributed by atoms with Crippen LogP contribution in [0.4, 0.5) is 18.9 Å². The smallest absolute Gasteiger partial charge is 0.417 e. The number of hydrogen-bond donors (Lipinski definition) is 2. The maximum Gasteiger partial charge on any atom is 0.417 e. The Morgan fingerprint density at radius 2 is 1.52 bits per heavy atom. The second-order valence-electron chi connectivity index (χ2n) is 6.98. The Bertz CT molecular complexity index is 1440. The summed E-state index contributed by atoms with van der Waals surface area (Å²) in [4.78, 5) is 0.600. The number of alkyl halides is 3. The van der Waals surface area contributed by atoms with Crippen LogP contribution in [0, 0.1) is 0 Å². The first-order chi connectivity index (χ1) is 15.6. The molecule has 0 spiro atoms. The quantitative estimate of drug-likeness (QED) is 0.280. The Hall–Kier alpha value is -2.88. The van der Waals surface area contributed by atoms with Crippen molar-refractivity contribution in [2.75, 3.05) is 4.72 Å². The summed E-state index contributed by atoms with van der Waals surface area (Å²) < 4.78 is 68.0. The van der Waals surface area contributed by atoms with Crippen molar-refractivity contribution in [3.63, 3.8) is 0 Å². The molecular weight excluding hydrogens is 495 g/mol. The molecule has 4 aromatic rings. The number of rotatable bonds is 5. The Morgan fingerprint density at radius 1 is 0.879 bits per heavy atom. The monoisotopic (exact) mass is 509 g/mol. The number of phenols is 1. The number of benzene rings is 4. The van der Waals surface area contributed by atoms with E-state index in [2.05, 4.69) is 4.72 Å². The van der Waals surface area contributed by atoms with Crippen LogP contribution in [-0.4, -0.2) is 13.5 Å². The van der Waals surface area contributed by atoms with Crippen LogP contribution in [-0.2, 0) is 16.2 Å². The third-order valence-electron chi connectivity index (χ3n) is 4.75. The molecule has 0 saturated carbocycles. The van der Waals surface area contributed by atoms with E-state index in [1.807, 2.05) is 30.3 Å². The predicted octanol–water partition coefficient (Wildman–Crippen LogP) is 7.17. The van der Waals surface area contributed by atoms with Crippen LogP contribution >= 0.6 is 23.4 Å². The van der Waals surface area contributed by atoms with E-state index in [9.17, 15) is 26.7 Å². The Kier molecular flexibility index (Phi) is 6.22. The van der Waals surface area contributed by atoms with Gasteiger partial charge in [0.15, 0.2) is 0 Å². The minimum absolute atomic E-state index is 0.0340. The molecule has 0 saturated heterocycles. The van der Waals surface area contributed by atoms with Gasteiger partial charge in [-0.05, 0) is 36.4 Å². The highest BCUT2D eigenvalue weighted by atomic mass is 35.5. The molecule has 0 aromatic heterocycles. The zero-order valence-electron chi connectivity index (χ0n) is 16.6. The largest absolute Gasteiger partial charge is 0.506 e. The summed E-state index contributed by atoms with van der Waals surface area (Å²) in [5, 5.41) is 11.0. The number of sulfonamides is 1. The van der Waals surface area contributed by atoms with Crippen molar-refractivity contribution in [2.24, 2.45) is 0 Å². The minimum atomic E-state index is -4.81. The minimum Gasteiger partial charge on any atom is -0.506 e. The van der Waals surface area contributed by atoms with Gasteiger partial charge >= 0.3 is 6.18 Å². The van der Waals surface area contributed by atoms with Crippen LogP contribution in [0.15, 0.2) is 93.5 Å². The van der Waals surface area contributed by atoms with Crippen LogP contribution in [0.25, 0.3) is 10.8 Å². The van der Waals surface area contributed by atoms with Crippen LogP contribution in [0.1, 0.15) is 5.56 Å². The van der Waals surface area contributed by atoms with Crippen LogP contribution < -0.4 is 4.72 Å². The highest BCUT2D eigenvalue weighted by Crippen LogP contribution is 2.43. The molecule has 0 unspecified atom stereocenters. The highest BCUT2D eigenvalue weighted by molar-refractivity contribution is 7.99. The highest BCUT2D eigenvalue weighted by Gasteiger charge is 2.34. The van der Waals surface area contributed by atoms with Crippen molar-refractivity contribution in [1.82, 2.24) is 0 Å². The number of fused-ring (bicyclic) bond motifs is 1. The van der Waals surface area contributed by atoms with E-state index in [1.54, 1.807) is 24.3 Å². The van der Waals surface area contributed by atoms with Gasteiger partial charge in [0.05, 0.1) is 26.1 Å². The molecule has 0 amide bonds. The maximum absolute atomic E-state index is 13.2. The van der Waals surface area contributed by atoms with Gasteiger partial charge in [-0.15, -0.1) is 0 Å². The average molecular weight is 510 g/mol. The Balaban J connectivity index is 1.81. The van der Waals surface area contributed by atoms with Gasteiger partial charge in [0.25, 0.3) is 10.0 Å². The number of anilines is 1. The zero-order valence-corrected chi connectivity index (χ0v) is 19.0. The molecule has 0 aliphatic heterocycles. The SMILES string of the molecule is O=S(=O)(Nc1cc(Sc2ccccc2)c(O)c2ccccc12)c1ccc(Cl)c(C(F)(F)F)c1. The molecule has 0 heterocycles. The Morgan fingerprint density at radius 3 is 2.18 bits per heavy atom. The lowest BCUT2D eigenvalue weighted by atomic mass is 10.1. The molecule has 4 rings (SSSR count). The van der Waals surface area contributed by atoms with E-state index in [0.717, 1.165) is 17.0 Å². The lowest BCUT2D eigenvalue weighted by Gasteiger charge is -2.16. The molecule has 10 heteroatoms. The number of aromatic hydroxyl groups is 1. The van der Waals surface area contributed by atoms with Crippen molar-refractivity contribution >= 4 is 49.8 Å². The van der Waals surface area contributed by atoms with Crippen molar-refractivity contribution in [1.29, 1.82) is 0 Å². The van der Waals surface area contributed by atoms with E-state index < -0.39 is 31.7 Å². The number of halogens is 4. The van der Waals surface area contributed by atoms with Crippen molar-refractivity contribution in [3.05, 3.63) is 89.4 Å². The van der Waals surface area contributed by atoms with Gasteiger partial charge < -0.3 is 5.11 Å². The number of hydrogen-bond acceptors (Lipinski definition) is 4. The van der Waals surface area contributed by atoms with Crippen molar-refractivity contribution in [3.8, 4) is 5.75 Å². The molecule has 4 nitrogen and oxygen atoms in total. The van der Waals surface area contributed by atoms with Crippen LogP contribution in [0.5, 0.6) is 5.75 Å². The molecule has 2 N–H and O–H groups in total. The van der Waals surface area contributed by atoms with Gasteiger partial charge in [0.2, 0.25) is 0 Å². The molecule has 0 aliphatic rings. The lowest BCUT2D eigenvalue weighted by Crippen LogP contribution is -2.15. The zero-order chi connectivity index (χ0) is 23.8. The number of phenolic OH excluding ortho intramolecular Hbond substituents is 1. The van der Waals surface area contributed by atoms with Gasteiger partial charge in [0, 0.05) is 15.7 Å². The van der Waals surface area contributed by atoms with Gasteiger partial charge in [0.1, 0.15) is 5.75 Å². The van der Waals surface area contributed by atoms with E-state index in [4.69, 9.17) is 11.6 Å². The molecule has 0 radical (unpaired) electrons. The lowest BCUT2D eigenvalue weighted by molar-refractivity contribution is -0.137. The number of nitrogens with one attached hydrogen (secondary N) is 1. The average Bonchev–Trinajstić information content (AvgIpc) is 2.77. The normalized spacial score (nSPS) is 12.1. The van der Waals surface area contributed by atoms with E-state index >= 15 is 0 Å². The van der Waals surface area contributed by atoms with E-state index in [-0.39, 0.29) is 11.4 Å². The van der Waals surface area contributed by atoms with Gasteiger partial charge in [-0.2, -0.15) is 13.2 Å². The summed E-state index contributed by atoms with van der Waals surface area (Å²) in [7, 11) is -4.41. The third-order valence-corrected chi connectivity index (χ3v) is 7.48. The fourth-order valence-corrected chi connectivity index (χ4v) is 5.46. The molecular formula is C23H15ClF3NO3S2. The van der Waals surface area contributed by atoms with Gasteiger partial charge in [-0.1, -0.05) is 65.8 Å². The van der Waals surface area contributed by atoms with E-state index in [0.29, 0.717) is 21.7 Å². The molecule has 0 bridgehead atoms. The summed E-state index contributed by atoms with van der Waals surface area (Å²) in [6.07, 6.45) is -4.81. The fraction of sp³-hybridized carbons (Fsp3) is 0.0435. The van der Waals surface area contributed by atoms with Crippen molar-refractivity contribution < 1.29 is 26.7 Å². The third kappa shape index (κ3) is 4.90. The molecule has 0 fully saturated rings. The van der Waals surface area contributed by atoms with Crippen LogP contribution in [0.3, 0.4) is 0 Å². The summed E-state index contributed by atoms with van der Waals surface area (Å²) in [5.41, 5.74) is -1.13. The first-order valence-corrected chi connectivity index (χ1v) is 12.1. The second kappa shape index (κ2) is 8.81. The molecule has 170 valence electrons. The summed E-state index contributed by atoms with van der Waals surface area (Å²) in [6, 6.07) is 19.6. The van der Waals surface area contributed by atoms with Gasteiger partial charge in [-0.25, -0.2) is 8.42 Å². The maximum atomic E-state index is 13.2. The van der Waals surface area contributed by atoms with Crippen molar-refractivity contribution in [2.45, 2.75) is 20.9 Å². The summed E-state index contributed by atoms with van der Waals surface area (Å²) in [6.45, 7) is 0. The molecule has 33 heavy (non-hydrogen) atoms. The van der Waals surface area contributed by atoms with E-state index in [1.165, 1.54) is 17.8 Å². The topological polar surface area (TPSA) is 66.4 Å². The summed E-state index contributed by atoms with van der Waals surface area (Å²) >= 11 is 6.84. The molecule has 4 aromatic carbocycles. The van der Waals surface area contributed by atoms with Gasteiger partial charge in [-0.3, -0.25) is 4.72 Å². The van der Waals surface area contributed by atoms with Crippen LogP contribution in [0.2, 0.25) is 5.02 Å².